The molecule has 1 amide bonds. The summed E-state index contributed by atoms with van der Waals surface area (Å²) in [6.07, 6.45) is 2.45. The first-order chi connectivity index (χ1) is 11.2. The van der Waals surface area contributed by atoms with Crippen molar-refractivity contribution in [1.82, 2.24) is 4.90 Å². The molecule has 0 bridgehead atoms. The summed E-state index contributed by atoms with van der Waals surface area (Å²) in [5, 5.41) is 9.23. The van der Waals surface area contributed by atoms with Crippen molar-refractivity contribution in [3.63, 3.8) is 0 Å². The highest BCUT2D eigenvalue weighted by atomic mass is 32.2. The van der Waals surface area contributed by atoms with E-state index in [4.69, 9.17) is 0 Å². The van der Waals surface area contributed by atoms with Crippen LogP contribution in [0.3, 0.4) is 0 Å². The number of carbonyl (C=O) groups excluding carboxylic acids is 1. The van der Waals surface area contributed by atoms with Crippen LogP contribution in [0.25, 0.3) is 0 Å². The molecule has 0 saturated heterocycles. The molecule has 0 unspecified atom stereocenters. The molecule has 0 radical (unpaired) electrons. The van der Waals surface area contributed by atoms with Crippen LogP contribution in [0.15, 0.2) is 58.3 Å². The van der Waals surface area contributed by atoms with Crippen molar-refractivity contribution < 1.29 is 4.79 Å². The van der Waals surface area contributed by atoms with Gasteiger partial charge in [0.1, 0.15) is 6.07 Å². The van der Waals surface area contributed by atoms with Crippen LogP contribution < -0.4 is 0 Å². The smallest absolute Gasteiger partial charge is 0.254 e. The van der Waals surface area contributed by atoms with Crippen molar-refractivity contribution >= 4 is 17.7 Å². The van der Waals surface area contributed by atoms with E-state index in [0.29, 0.717) is 17.0 Å². The molecule has 116 valence electrons. The van der Waals surface area contributed by atoms with Crippen LogP contribution in [0.4, 0.5) is 0 Å². The first kappa shape index (κ1) is 15.6. The first-order valence-corrected chi connectivity index (χ1v) is 8.52. The minimum absolute atomic E-state index is 0.0504. The summed E-state index contributed by atoms with van der Waals surface area (Å²) >= 11 is 1.48. The highest BCUT2D eigenvalue weighted by Gasteiger charge is 2.26. The lowest BCUT2D eigenvalue weighted by molar-refractivity contribution is 0.0785. The highest BCUT2D eigenvalue weighted by molar-refractivity contribution is 7.99. The van der Waals surface area contributed by atoms with Gasteiger partial charge >= 0.3 is 0 Å². The standard InChI is InChI=1S/C19H18N2OS/c1-21(13-14-10-11-14)19(22)16-7-3-5-9-18(16)23-17-8-4-2-6-15(17)12-20/h2-9,14H,10-11,13H2,1H3. The van der Waals surface area contributed by atoms with Crippen molar-refractivity contribution in [1.29, 1.82) is 5.26 Å². The Morgan fingerprint density at radius 1 is 1.17 bits per heavy atom. The minimum atomic E-state index is 0.0504. The highest BCUT2D eigenvalue weighted by Crippen LogP contribution is 2.34. The minimum Gasteiger partial charge on any atom is -0.341 e. The quantitative estimate of drug-likeness (QED) is 0.829. The number of nitriles is 1. The molecule has 0 aromatic heterocycles. The third-order valence-corrected chi connectivity index (χ3v) is 5.07. The monoisotopic (exact) mass is 322 g/mol. The fourth-order valence-electron chi connectivity index (χ4n) is 2.48. The number of nitrogens with zero attached hydrogens (tertiary/aromatic N) is 2. The van der Waals surface area contributed by atoms with Crippen LogP contribution in [0.2, 0.25) is 0 Å². The van der Waals surface area contributed by atoms with Crippen molar-refractivity contribution in [3.8, 4) is 6.07 Å². The van der Waals surface area contributed by atoms with E-state index in [1.165, 1.54) is 24.6 Å². The van der Waals surface area contributed by atoms with Gasteiger partial charge in [-0.05, 0) is 43.0 Å². The van der Waals surface area contributed by atoms with E-state index in [1.54, 1.807) is 6.07 Å². The second-order valence-corrected chi connectivity index (χ2v) is 6.92. The molecule has 0 atom stereocenters. The van der Waals surface area contributed by atoms with Gasteiger partial charge in [-0.3, -0.25) is 4.79 Å². The molecule has 2 aromatic rings. The molecule has 4 heteroatoms. The van der Waals surface area contributed by atoms with E-state index < -0.39 is 0 Å². The van der Waals surface area contributed by atoms with E-state index in [0.717, 1.165) is 16.3 Å². The third kappa shape index (κ3) is 3.75. The number of hydrogen-bond donors (Lipinski definition) is 0. The Morgan fingerprint density at radius 2 is 1.83 bits per heavy atom. The second kappa shape index (κ2) is 6.89. The Bertz CT molecular complexity index is 762. The molecule has 3 rings (SSSR count). The van der Waals surface area contributed by atoms with Crippen LogP contribution in [0.5, 0.6) is 0 Å². The number of benzene rings is 2. The van der Waals surface area contributed by atoms with Gasteiger partial charge in [0.15, 0.2) is 0 Å². The number of rotatable bonds is 5. The summed E-state index contributed by atoms with van der Waals surface area (Å²) in [6.45, 7) is 0.826. The van der Waals surface area contributed by atoms with Crippen molar-refractivity contribution in [2.24, 2.45) is 5.92 Å². The fraction of sp³-hybridized carbons (Fsp3) is 0.263. The maximum atomic E-state index is 12.7. The van der Waals surface area contributed by atoms with Crippen LogP contribution in [0, 0.1) is 17.2 Å². The summed E-state index contributed by atoms with van der Waals surface area (Å²) in [5.74, 6) is 0.720. The predicted molar refractivity (Wildman–Crippen MR) is 91.4 cm³/mol. The third-order valence-electron chi connectivity index (χ3n) is 3.92. The normalized spacial score (nSPS) is 13.4. The van der Waals surface area contributed by atoms with Crippen molar-refractivity contribution in [3.05, 3.63) is 59.7 Å². The van der Waals surface area contributed by atoms with Gasteiger partial charge in [-0.2, -0.15) is 5.26 Å². The van der Waals surface area contributed by atoms with E-state index in [2.05, 4.69) is 6.07 Å². The summed E-state index contributed by atoms with van der Waals surface area (Å²) in [6, 6.07) is 17.3. The molecule has 3 nitrogen and oxygen atoms in total. The summed E-state index contributed by atoms with van der Waals surface area (Å²) in [4.78, 5) is 16.3. The Kier molecular flexibility index (Phi) is 4.68. The lowest BCUT2D eigenvalue weighted by Gasteiger charge is -2.18. The van der Waals surface area contributed by atoms with Crippen molar-refractivity contribution in [2.45, 2.75) is 22.6 Å². The van der Waals surface area contributed by atoms with Gasteiger partial charge in [-0.25, -0.2) is 0 Å². The fourth-order valence-corrected chi connectivity index (χ4v) is 3.49. The van der Waals surface area contributed by atoms with Gasteiger partial charge < -0.3 is 4.90 Å². The van der Waals surface area contributed by atoms with E-state index in [9.17, 15) is 10.1 Å². The molecule has 0 heterocycles. The maximum Gasteiger partial charge on any atom is 0.254 e. The molecular formula is C19H18N2OS. The number of carbonyl (C=O) groups is 1. The van der Waals surface area contributed by atoms with Gasteiger partial charge in [-0.1, -0.05) is 36.0 Å². The Labute approximate surface area is 140 Å². The summed E-state index contributed by atoms with van der Waals surface area (Å²) in [5.41, 5.74) is 1.33. The molecule has 1 saturated carbocycles. The molecule has 2 aromatic carbocycles. The van der Waals surface area contributed by atoms with E-state index in [1.807, 2.05) is 54.4 Å². The van der Waals surface area contributed by atoms with Crippen LogP contribution in [-0.2, 0) is 0 Å². The average molecular weight is 322 g/mol. The Balaban J connectivity index is 1.85. The lowest BCUT2D eigenvalue weighted by atomic mass is 10.2. The SMILES string of the molecule is CN(CC1CC1)C(=O)c1ccccc1Sc1ccccc1C#N. The van der Waals surface area contributed by atoms with Crippen molar-refractivity contribution in [2.75, 3.05) is 13.6 Å². The topological polar surface area (TPSA) is 44.1 Å². The Morgan fingerprint density at radius 3 is 2.52 bits per heavy atom. The molecule has 1 fully saturated rings. The van der Waals surface area contributed by atoms with Crippen LogP contribution in [0.1, 0.15) is 28.8 Å². The van der Waals surface area contributed by atoms with Gasteiger partial charge in [0.2, 0.25) is 0 Å². The van der Waals surface area contributed by atoms with Gasteiger partial charge in [0, 0.05) is 23.4 Å². The number of amides is 1. The molecule has 23 heavy (non-hydrogen) atoms. The lowest BCUT2D eigenvalue weighted by Crippen LogP contribution is -2.29. The van der Waals surface area contributed by atoms with E-state index >= 15 is 0 Å². The zero-order valence-electron chi connectivity index (χ0n) is 13.0. The summed E-state index contributed by atoms with van der Waals surface area (Å²) in [7, 11) is 1.87. The first-order valence-electron chi connectivity index (χ1n) is 7.70. The van der Waals surface area contributed by atoms with Gasteiger partial charge in [-0.15, -0.1) is 0 Å². The maximum absolute atomic E-state index is 12.7. The van der Waals surface area contributed by atoms with Crippen LogP contribution in [-0.4, -0.2) is 24.4 Å². The molecule has 0 spiro atoms. The average Bonchev–Trinajstić information content (AvgIpc) is 3.39. The zero-order chi connectivity index (χ0) is 16.2. The summed E-state index contributed by atoms with van der Waals surface area (Å²) < 4.78 is 0. The predicted octanol–water partition coefficient (Wildman–Crippen LogP) is 4.19. The molecule has 0 N–H and O–H groups in total. The molecular weight excluding hydrogens is 304 g/mol. The zero-order valence-corrected chi connectivity index (χ0v) is 13.8. The molecule has 1 aliphatic rings. The largest absolute Gasteiger partial charge is 0.341 e. The van der Waals surface area contributed by atoms with Crippen LogP contribution >= 0.6 is 11.8 Å². The van der Waals surface area contributed by atoms with E-state index in [-0.39, 0.29) is 5.91 Å². The Hall–Kier alpha value is -2.25. The molecule has 0 aliphatic heterocycles. The second-order valence-electron chi connectivity index (χ2n) is 5.84. The molecule has 1 aliphatic carbocycles. The van der Waals surface area contributed by atoms with Gasteiger partial charge in [0.05, 0.1) is 11.1 Å². The number of hydrogen-bond acceptors (Lipinski definition) is 3. The van der Waals surface area contributed by atoms with Gasteiger partial charge in [0.25, 0.3) is 5.91 Å².